The summed E-state index contributed by atoms with van der Waals surface area (Å²) in [6.45, 7) is 1.91. The molecule has 1 aliphatic heterocycles. The molecular formula is C15H16N4. The molecule has 2 N–H and O–H groups in total. The van der Waals surface area contributed by atoms with Crippen molar-refractivity contribution < 1.29 is 0 Å². The molecule has 96 valence electrons. The van der Waals surface area contributed by atoms with Gasteiger partial charge in [0.1, 0.15) is 0 Å². The molecule has 0 saturated carbocycles. The van der Waals surface area contributed by atoms with Gasteiger partial charge in [0.05, 0.1) is 17.1 Å². The Morgan fingerprint density at radius 1 is 1.26 bits per heavy atom. The van der Waals surface area contributed by atoms with Crippen LogP contribution in [-0.2, 0) is 20.0 Å². The first-order valence-electron chi connectivity index (χ1n) is 6.66. The van der Waals surface area contributed by atoms with Crippen LogP contribution in [0.15, 0.2) is 30.3 Å². The summed E-state index contributed by atoms with van der Waals surface area (Å²) < 4.78 is 2.00. The van der Waals surface area contributed by atoms with Crippen LogP contribution < -0.4 is 5.32 Å². The minimum atomic E-state index is 0.878. The molecule has 0 fully saturated rings. The van der Waals surface area contributed by atoms with E-state index in [1.165, 1.54) is 33.5 Å². The monoisotopic (exact) mass is 252 g/mol. The predicted molar refractivity (Wildman–Crippen MR) is 75.9 cm³/mol. The van der Waals surface area contributed by atoms with Gasteiger partial charge in [0.2, 0.25) is 0 Å². The number of aromatic amines is 1. The van der Waals surface area contributed by atoms with Gasteiger partial charge in [-0.05, 0) is 25.1 Å². The largest absolute Gasteiger partial charge is 0.353 e. The summed E-state index contributed by atoms with van der Waals surface area (Å²) in [5, 5.41) is 9.26. The number of hydrogen-bond donors (Lipinski definition) is 2. The van der Waals surface area contributed by atoms with Gasteiger partial charge in [0, 0.05) is 30.1 Å². The maximum atomic E-state index is 4.63. The molecule has 0 bridgehead atoms. The first-order valence-corrected chi connectivity index (χ1v) is 6.66. The Bertz CT molecular complexity index is 718. The van der Waals surface area contributed by atoms with Gasteiger partial charge < -0.3 is 10.3 Å². The number of hydrogen-bond acceptors (Lipinski definition) is 2. The van der Waals surface area contributed by atoms with Crippen molar-refractivity contribution in [2.45, 2.75) is 13.0 Å². The van der Waals surface area contributed by atoms with E-state index in [9.17, 15) is 0 Å². The second-order valence-corrected chi connectivity index (χ2v) is 5.09. The van der Waals surface area contributed by atoms with Gasteiger partial charge in [0.25, 0.3) is 0 Å². The zero-order valence-corrected chi connectivity index (χ0v) is 10.9. The van der Waals surface area contributed by atoms with Crippen molar-refractivity contribution in [1.29, 1.82) is 0 Å². The van der Waals surface area contributed by atoms with Gasteiger partial charge in [-0.3, -0.25) is 4.68 Å². The lowest BCUT2D eigenvalue weighted by Gasteiger charge is -2.12. The molecule has 0 unspecified atom stereocenters. The quantitative estimate of drug-likeness (QED) is 0.697. The Balaban J connectivity index is 1.94. The summed E-state index contributed by atoms with van der Waals surface area (Å²) in [6, 6.07) is 10.6. The highest BCUT2D eigenvalue weighted by Crippen LogP contribution is 2.29. The third-order valence-corrected chi connectivity index (χ3v) is 3.86. The van der Waals surface area contributed by atoms with Gasteiger partial charge in [-0.15, -0.1) is 0 Å². The number of aromatic nitrogens is 3. The molecule has 0 atom stereocenters. The number of para-hydroxylation sites is 1. The standard InChI is InChI=1S/C15H16N4/c1-19-15(11-6-7-16-9-14(11)18-19)13-8-10-4-2-3-5-12(10)17-13/h2-5,8,16-17H,6-7,9H2,1H3. The highest BCUT2D eigenvalue weighted by atomic mass is 15.3. The Labute approximate surface area is 111 Å². The molecule has 3 heterocycles. The van der Waals surface area contributed by atoms with Crippen LogP contribution in [0.3, 0.4) is 0 Å². The van der Waals surface area contributed by atoms with Crippen LogP contribution in [0.1, 0.15) is 11.3 Å². The summed E-state index contributed by atoms with van der Waals surface area (Å²) >= 11 is 0. The minimum Gasteiger partial charge on any atom is -0.353 e. The SMILES string of the molecule is Cn1nc2c(c1-c1cc3ccccc3[nH]1)CCNC2. The van der Waals surface area contributed by atoms with Crippen LogP contribution in [0.5, 0.6) is 0 Å². The fraction of sp³-hybridized carbons (Fsp3) is 0.267. The molecule has 1 aromatic carbocycles. The average Bonchev–Trinajstić information content (AvgIpc) is 2.97. The maximum absolute atomic E-state index is 4.63. The zero-order valence-electron chi connectivity index (χ0n) is 10.9. The molecule has 4 nitrogen and oxygen atoms in total. The van der Waals surface area contributed by atoms with Crippen molar-refractivity contribution in [1.82, 2.24) is 20.1 Å². The maximum Gasteiger partial charge on any atom is 0.0877 e. The second-order valence-electron chi connectivity index (χ2n) is 5.09. The number of aryl methyl sites for hydroxylation is 1. The summed E-state index contributed by atoms with van der Waals surface area (Å²) in [6.07, 6.45) is 1.05. The lowest BCUT2D eigenvalue weighted by molar-refractivity contribution is 0.625. The third-order valence-electron chi connectivity index (χ3n) is 3.86. The van der Waals surface area contributed by atoms with Crippen molar-refractivity contribution in [3.05, 3.63) is 41.6 Å². The van der Waals surface area contributed by atoms with Crippen molar-refractivity contribution in [3.63, 3.8) is 0 Å². The number of nitrogens with one attached hydrogen (secondary N) is 2. The molecular weight excluding hydrogens is 236 g/mol. The van der Waals surface area contributed by atoms with Gasteiger partial charge in [-0.25, -0.2) is 0 Å². The molecule has 19 heavy (non-hydrogen) atoms. The summed E-state index contributed by atoms with van der Waals surface area (Å²) in [5.74, 6) is 0. The summed E-state index contributed by atoms with van der Waals surface area (Å²) in [4.78, 5) is 3.51. The van der Waals surface area contributed by atoms with Crippen LogP contribution in [0.25, 0.3) is 22.3 Å². The highest BCUT2D eigenvalue weighted by Gasteiger charge is 2.20. The van der Waals surface area contributed by atoms with Crippen molar-refractivity contribution >= 4 is 10.9 Å². The van der Waals surface area contributed by atoms with Crippen LogP contribution in [0.4, 0.5) is 0 Å². The molecule has 2 aromatic heterocycles. The summed E-state index contributed by atoms with van der Waals surface area (Å²) in [5.41, 5.74) is 6.14. The Morgan fingerprint density at radius 2 is 2.16 bits per heavy atom. The van der Waals surface area contributed by atoms with Crippen molar-refractivity contribution in [2.75, 3.05) is 6.54 Å². The topological polar surface area (TPSA) is 45.6 Å². The van der Waals surface area contributed by atoms with Gasteiger partial charge in [0.15, 0.2) is 0 Å². The van der Waals surface area contributed by atoms with E-state index >= 15 is 0 Å². The van der Waals surface area contributed by atoms with E-state index in [1.807, 2.05) is 11.7 Å². The molecule has 4 heteroatoms. The smallest absolute Gasteiger partial charge is 0.0877 e. The molecule has 0 aliphatic carbocycles. The predicted octanol–water partition coefficient (Wildman–Crippen LogP) is 2.21. The van der Waals surface area contributed by atoms with Gasteiger partial charge in [-0.1, -0.05) is 18.2 Å². The lowest BCUT2D eigenvalue weighted by atomic mass is 10.0. The Hall–Kier alpha value is -2.07. The van der Waals surface area contributed by atoms with E-state index in [4.69, 9.17) is 0 Å². The van der Waals surface area contributed by atoms with Crippen LogP contribution in [-0.4, -0.2) is 21.3 Å². The van der Waals surface area contributed by atoms with E-state index in [0.717, 1.165) is 19.5 Å². The number of fused-ring (bicyclic) bond motifs is 2. The van der Waals surface area contributed by atoms with E-state index in [-0.39, 0.29) is 0 Å². The first kappa shape index (κ1) is 10.8. The van der Waals surface area contributed by atoms with Gasteiger partial charge in [-0.2, -0.15) is 5.10 Å². The number of nitrogens with zero attached hydrogens (tertiary/aromatic N) is 2. The molecule has 0 saturated heterocycles. The molecule has 0 spiro atoms. The van der Waals surface area contributed by atoms with Gasteiger partial charge >= 0.3 is 0 Å². The molecule has 1 aliphatic rings. The van der Waals surface area contributed by atoms with E-state index in [2.05, 4.69) is 45.7 Å². The molecule has 4 rings (SSSR count). The Morgan fingerprint density at radius 3 is 3.05 bits per heavy atom. The second kappa shape index (κ2) is 3.96. The van der Waals surface area contributed by atoms with Crippen LogP contribution in [0, 0.1) is 0 Å². The fourth-order valence-electron chi connectivity index (χ4n) is 2.99. The molecule has 0 radical (unpaired) electrons. The average molecular weight is 252 g/mol. The zero-order chi connectivity index (χ0) is 12.8. The van der Waals surface area contributed by atoms with E-state index in [1.54, 1.807) is 0 Å². The normalized spacial score (nSPS) is 14.8. The van der Waals surface area contributed by atoms with E-state index < -0.39 is 0 Å². The van der Waals surface area contributed by atoms with Crippen LogP contribution in [0.2, 0.25) is 0 Å². The summed E-state index contributed by atoms with van der Waals surface area (Å²) in [7, 11) is 2.03. The number of H-pyrrole nitrogens is 1. The van der Waals surface area contributed by atoms with Crippen LogP contribution >= 0.6 is 0 Å². The van der Waals surface area contributed by atoms with Crippen molar-refractivity contribution in [3.8, 4) is 11.4 Å². The van der Waals surface area contributed by atoms with E-state index in [0.29, 0.717) is 0 Å². The Kier molecular flexibility index (Phi) is 2.26. The fourth-order valence-corrected chi connectivity index (χ4v) is 2.99. The third kappa shape index (κ3) is 1.60. The minimum absolute atomic E-state index is 0.878. The lowest BCUT2D eigenvalue weighted by Crippen LogP contribution is -2.23. The number of benzene rings is 1. The molecule has 0 amide bonds. The number of rotatable bonds is 1. The van der Waals surface area contributed by atoms with Crippen molar-refractivity contribution in [2.24, 2.45) is 7.05 Å². The molecule has 3 aromatic rings. The first-order chi connectivity index (χ1) is 9.33. The highest BCUT2D eigenvalue weighted by molar-refractivity contribution is 5.85.